The number of primary amides is 1. The molecule has 6 atom stereocenters. The number of nitrogens with zero attached hydrogens (tertiary/aromatic N) is 3. The molecule has 0 bridgehead atoms. The summed E-state index contributed by atoms with van der Waals surface area (Å²) in [5, 5.41) is 19.5. The van der Waals surface area contributed by atoms with E-state index in [0.29, 0.717) is 38.7 Å². The number of carbonyl (C=O) groups excluding carboxylic acids is 6. The van der Waals surface area contributed by atoms with E-state index in [9.17, 15) is 33.9 Å². The maximum Gasteiger partial charge on any atom is 0.246 e. The van der Waals surface area contributed by atoms with Crippen LogP contribution in [0.25, 0.3) is 10.4 Å². The Kier molecular flexibility index (Phi) is 16.9. The molecule has 65 heavy (non-hydrogen) atoms. The normalized spacial score (nSPS) is 20.2. The van der Waals surface area contributed by atoms with Crippen LogP contribution in [-0.4, -0.2) is 107 Å². The average Bonchev–Trinajstić information content (AvgIpc) is 3.98. The number of hydrogen-bond donors (Lipinski definition) is 6. The number of hydrogen-bond acceptors (Lipinski definition) is 11. The fraction of sp³-hybridized carbons (Fsp3) is 0.562. The van der Waals surface area contributed by atoms with Crippen molar-refractivity contribution in [2.45, 2.75) is 148 Å². The number of rotatable bonds is 21. The number of aryl methyl sites for hydroxylation is 2. The standard InChI is InChI=1S/C48H66N8O8S/c1-29-42(65-28-52-29)32-16-14-30(15-17-32)25-51-44(60)37-24-35(57)26-55(37)47(63)43(48(2,3)4)54-40(59)13-8-6-5-7-9-22-64-27-34(19-21-39(50)58)53-45(61)38-23-33-12-10-11-31-18-20-36(49)46(62)56(38)41(31)33/h10-12,14-17,28,34-38,43,57H,5-9,13,18-27,49H2,1-4H3,(H2,50,58)(H,51,60)(H,53,61)(H,54,59)/t34-,35+,36-,37-,38-,43+/m0/s1. The van der Waals surface area contributed by atoms with Crippen LogP contribution in [0.2, 0.25) is 0 Å². The maximum absolute atomic E-state index is 14.0. The number of benzene rings is 2. The number of likely N-dealkylation sites (tertiary alicyclic amines) is 1. The lowest BCUT2D eigenvalue weighted by atomic mass is 9.85. The molecule has 1 aromatic heterocycles. The summed E-state index contributed by atoms with van der Waals surface area (Å²) in [4.78, 5) is 87.7. The predicted octanol–water partition coefficient (Wildman–Crippen LogP) is 3.57. The average molecular weight is 915 g/mol. The maximum atomic E-state index is 14.0. The van der Waals surface area contributed by atoms with Crippen LogP contribution in [0.4, 0.5) is 5.69 Å². The molecule has 6 amide bonds. The van der Waals surface area contributed by atoms with Gasteiger partial charge in [0, 0.05) is 45.4 Å². The van der Waals surface area contributed by atoms with E-state index in [0.717, 1.165) is 64.2 Å². The SMILES string of the molecule is Cc1ncsc1-c1ccc(CNC(=O)[C@@H]2C[C@@H](O)CN2C(=O)[C@@H](NC(=O)CCCCCCCOC[C@H](CCC(N)=O)NC(=O)[C@@H]2Cc3cccc4c3N2C(=O)[C@@H](N)CC4)C(C)(C)C)cc1. The summed E-state index contributed by atoms with van der Waals surface area (Å²) in [5.41, 5.74) is 18.4. The molecule has 3 aliphatic rings. The minimum Gasteiger partial charge on any atom is -0.391 e. The molecule has 17 heteroatoms. The highest BCUT2D eigenvalue weighted by Crippen LogP contribution is 2.39. The minimum atomic E-state index is -0.899. The van der Waals surface area contributed by atoms with Crippen molar-refractivity contribution in [2.24, 2.45) is 16.9 Å². The Morgan fingerprint density at radius 3 is 2.38 bits per heavy atom. The van der Waals surface area contributed by atoms with Gasteiger partial charge in [0.05, 0.1) is 46.6 Å². The first-order valence-corrected chi connectivity index (χ1v) is 23.8. The molecule has 1 saturated heterocycles. The Labute approximate surface area is 385 Å². The van der Waals surface area contributed by atoms with Crippen LogP contribution in [0.5, 0.6) is 0 Å². The number of aliphatic hydroxyl groups is 1. The van der Waals surface area contributed by atoms with Crippen LogP contribution in [0, 0.1) is 12.3 Å². The zero-order chi connectivity index (χ0) is 46.8. The Morgan fingerprint density at radius 1 is 0.954 bits per heavy atom. The van der Waals surface area contributed by atoms with E-state index < -0.39 is 53.5 Å². The van der Waals surface area contributed by atoms with Crippen molar-refractivity contribution in [1.82, 2.24) is 25.8 Å². The van der Waals surface area contributed by atoms with Gasteiger partial charge in [0.1, 0.15) is 18.1 Å². The molecule has 2 aromatic carbocycles. The molecule has 0 radical (unpaired) electrons. The Balaban J connectivity index is 0.902. The molecule has 3 aliphatic heterocycles. The predicted molar refractivity (Wildman–Crippen MR) is 248 cm³/mol. The highest BCUT2D eigenvalue weighted by atomic mass is 32.1. The zero-order valence-electron chi connectivity index (χ0n) is 38.1. The molecule has 0 spiro atoms. The third kappa shape index (κ3) is 12.8. The van der Waals surface area contributed by atoms with Gasteiger partial charge in [-0.1, -0.05) is 82.5 Å². The van der Waals surface area contributed by atoms with Gasteiger partial charge in [-0.25, -0.2) is 4.98 Å². The van der Waals surface area contributed by atoms with E-state index in [1.165, 1.54) is 4.90 Å². The number of aliphatic hydroxyl groups excluding tert-OH is 1. The van der Waals surface area contributed by atoms with E-state index in [4.69, 9.17) is 16.2 Å². The molecule has 352 valence electrons. The summed E-state index contributed by atoms with van der Waals surface area (Å²) < 4.78 is 5.95. The topological polar surface area (TPSA) is 239 Å². The largest absolute Gasteiger partial charge is 0.391 e. The fourth-order valence-electron chi connectivity index (χ4n) is 8.93. The molecule has 4 heterocycles. The molecule has 6 rings (SSSR count). The Morgan fingerprint density at radius 2 is 1.68 bits per heavy atom. The van der Waals surface area contributed by atoms with Gasteiger partial charge in [-0.15, -0.1) is 11.3 Å². The summed E-state index contributed by atoms with van der Waals surface area (Å²) in [6, 6.07) is 10.0. The van der Waals surface area contributed by atoms with Crippen molar-refractivity contribution in [3.8, 4) is 10.4 Å². The molecule has 0 aliphatic carbocycles. The number of thiazole rings is 1. The number of para-hydroxylation sites is 1. The van der Waals surface area contributed by atoms with Gasteiger partial charge in [0.25, 0.3) is 0 Å². The number of amides is 6. The number of nitrogens with two attached hydrogens (primary N) is 2. The number of β-amino-alcohol motifs (C(OH)–C–C–N with tert-alkyl or cyclic N) is 1. The lowest BCUT2D eigenvalue weighted by molar-refractivity contribution is -0.144. The van der Waals surface area contributed by atoms with Crippen molar-refractivity contribution in [2.75, 3.05) is 24.7 Å². The lowest BCUT2D eigenvalue weighted by Crippen LogP contribution is -2.57. The molecule has 16 nitrogen and oxygen atoms in total. The molecular formula is C48H66N8O8S. The van der Waals surface area contributed by atoms with Crippen LogP contribution < -0.4 is 32.3 Å². The van der Waals surface area contributed by atoms with Crippen LogP contribution in [0.1, 0.15) is 107 Å². The van der Waals surface area contributed by atoms with E-state index >= 15 is 0 Å². The van der Waals surface area contributed by atoms with E-state index in [1.54, 1.807) is 16.2 Å². The lowest BCUT2D eigenvalue weighted by Gasteiger charge is -2.35. The highest BCUT2D eigenvalue weighted by molar-refractivity contribution is 7.13. The molecule has 8 N–H and O–H groups in total. The quantitative estimate of drug-likeness (QED) is 0.0850. The van der Waals surface area contributed by atoms with Crippen LogP contribution in [0.15, 0.2) is 48.0 Å². The molecular weight excluding hydrogens is 849 g/mol. The molecule has 3 aromatic rings. The third-order valence-electron chi connectivity index (χ3n) is 12.6. The Bertz CT molecular complexity index is 2170. The van der Waals surface area contributed by atoms with Gasteiger partial charge in [0.15, 0.2) is 0 Å². The van der Waals surface area contributed by atoms with Crippen molar-refractivity contribution in [1.29, 1.82) is 0 Å². The fourth-order valence-corrected chi connectivity index (χ4v) is 9.74. The van der Waals surface area contributed by atoms with Gasteiger partial charge in [-0.2, -0.15) is 0 Å². The molecule has 1 fully saturated rings. The van der Waals surface area contributed by atoms with Crippen molar-refractivity contribution in [3.63, 3.8) is 0 Å². The summed E-state index contributed by atoms with van der Waals surface area (Å²) in [6.45, 7) is 8.43. The van der Waals surface area contributed by atoms with Crippen molar-refractivity contribution < 1.29 is 38.6 Å². The summed E-state index contributed by atoms with van der Waals surface area (Å²) in [6.07, 6.45) is 5.26. The van der Waals surface area contributed by atoms with Gasteiger partial charge >= 0.3 is 0 Å². The van der Waals surface area contributed by atoms with E-state index in [2.05, 4.69) is 20.9 Å². The van der Waals surface area contributed by atoms with Crippen LogP contribution >= 0.6 is 11.3 Å². The first kappa shape index (κ1) is 49.2. The first-order chi connectivity index (χ1) is 31.0. The van der Waals surface area contributed by atoms with Gasteiger partial charge in [-0.05, 0) is 66.7 Å². The van der Waals surface area contributed by atoms with Crippen LogP contribution in [0.3, 0.4) is 0 Å². The first-order valence-electron chi connectivity index (χ1n) is 22.9. The van der Waals surface area contributed by atoms with Gasteiger partial charge in [-0.3, -0.25) is 33.7 Å². The van der Waals surface area contributed by atoms with E-state index in [1.807, 2.05) is 75.7 Å². The number of carbonyl (C=O) groups is 6. The number of nitrogens with one attached hydrogen (secondary N) is 3. The van der Waals surface area contributed by atoms with Crippen LogP contribution in [-0.2, 0) is 52.9 Å². The monoisotopic (exact) mass is 914 g/mol. The third-order valence-corrected chi connectivity index (χ3v) is 13.5. The summed E-state index contributed by atoms with van der Waals surface area (Å²) in [7, 11) is 0. The second-order valence-electron chi connectivity index (χ2n) is 18.7. The second-order valence-corrected chi connectivity index (χ2v) is 19.6. The zero-order valence-corrected chi connectivity index (χ0v) is 38.9. The number of aromatic nitrogens is 1. The molecule has 0 unspecified atom stereocenters. The smallest absolute Gasteiger partial charge is 0.246 e. The van der Waals surface area contributed by atoms with Gasteiger partial charge in [0.2, 0.25) is 35.4 Å². The van der Waals surface area contributed by atoms with Crippen molar-refractivity contribution in [3.05, 3.63) is 70.4 Å². The number of ether oxygens (including phenoxy) is 1. The van der Waals surface area contributed by atoms with Gasteiger partial charge < -0.3 is 42.2 Å². The Hall–Kier alpha value is -5.23. The second kappa shape index (κ2) is 22.3. The summed E-state index contributed by atoms with van der Waals surface area (Å²) >= 11 is 1.57. The van der Waals surface area contributed by atoms with E-state index in [-0.39, 0.29) is 62.6 Å². The number of anilines is 1. The minimum absolute atomic E-state index is 0.00153. The van der Waals surface area contributed by atoms with Crippen molar-refractivity contribution >= 4 is 52.5 Å². The highest BCUT2D eigenvalue weighted by Gasteiger charge is 2.45. The summed E-state index contributed by atoms with van der Waals surface area (Å²) in [5.74, 6) is -2.09. The number of unbranched alkanes of at least 4 members (excludes halogenated alkanes) is 4. The molecule has 0 saturated carbocycles.